The van der Waals surface area contributed by atoms with Crippen LogP contribution >= 0.6 is 0 Å². The molecule has 0 bridgehead atoms. The number of nitrogens with one attached hydrogen (secondary N) is 2. The van der Waals surface area contributed by atoms with Crippen LogP contribution < -0.4 is 10.6 Å². The Bertz CT molecular complexity index is 1070. The fourth-order valence-corrected chi connectivity index (χ4v) is 3.06. The van der Waals surface area contributed by atoms with Crippen LogP contribution in [0.5, 0.6) is 0 Å². The second-order valence-corrected chi connectivity index (χ2v) is 7.09. The van der Waals surface area contributed by atoms with Crippen molar-refractivity contribution in [2.24, 2.45) is 0 Å². The van der Waals surface area contributed by atoms with Gasteiger partial charge in [-0.1, -0.05) is 25.5 Å². The van der Waals surface area contributed by atoms with E-state index in [0.29, 0.717) is 24.5 Å². The van der Waals surface area contributed by atoms with Crippen LogP contribution in [-0.4, -0.2) is 43.4 Å². The molecule has 1 amide bonds. The molecule has 9 heteroatoms. The van der Waals surface area contributed by atoms with Gasteiger partial charge < -0.3 is 15.7 Å². The Hall–Kier alpha value is -3.77. The van der Waals surface area contributed by atoms with Crippen molar-refractivity contribution in [1.29, 1.82) is 5.26 Å². The molecule has 0 aliphatic carbocycles. The molecule has 31 heavy (non-hydrogen) atoms. The largest absolute Gasteiger partial charge is 0.394 e. The summed E-state index contributed by atoms with van der Waals surface area (Å²) in [5.74, 6) is 0.149. The number of carbonyl (C=O) groups is 1. The minimum absolute atomic E-state index is 0.0100. The lowest BCUT2D eigenvalue weighted by Gasteiger charge is -2.11. The summed E-state index contributed by atoms with van der Waals surface area (Å²) < 4.78 is 1.62. The Labute approximate surface area is 180 Å². The first kappa shape index (κ1) is 21.9. The number of nitriles is 1. The molecular formula is C22H25N7O2. The molecule has 0 saturated carbocycles. The number of anilines is 2. The molecule has 0 fully saturated rings. The van der Waals surface area contributed by atoms with Gasteiger partial charge in [0.05, 0.1) is 36.8 Å². The van der Waals surface area contributed by atoms with Gasteiger partial charge >= 0.3 is 0 Å². The third-order valence-corrected chi connectivity index (χ3v) is 4.65. The van der Waals surface area contributed by atoms with Crippen molar-refractivity contribution in [3.63, 3.8) is 0 Å². The van der Waals surface area contributed by atoms with E-state index in [0.717, 1.165) is 28.9 Å². The number of aryl methyl sites for hydroxylation is 1. The van der Waals surface area contributed by atoms with Crippen LogP contribution in [0.2, 0.25) is 0 Å². The summed E-state index contributed by atoms with van der Waals surface area (Å²) in [4.78, 5) is 21.3. The summed E-state index contributed by atoms with van der Waals surface area (Å²) in [5.41, 5.74) is 3.69. The molecule has 0 aliphatic rings. The predicted molar refractivity (Wildman–Crippen MR) is 117 cm³/mol. The minimum atomic E-state index is -0.489. The topological polar surface area (TPSA) is 129 Å². The Morgan fingerprint density at radius 3 is 2.74 bits per heavy atom. The zero-order valence-corrected chi connectivity index (χ0v) is 17.5. The minimum Gasteiger partial charge on any atom is -0.394 e. The van der Waals surface area contributed by atoms with Gasteiger partial charge in [-0.2, -0.15) is 10.4 Å². The lowest BCUT2D eigenvalue weighted by molar-refractivity contribution is 0.0944. The number of rotatable bonds is 9. The highest BCUT2D eigenvalue weighted by atomic mass is 16.3. The monoisotopic (exact) mass is 419 g/mol. The molecule has 2 heterocycles. The maximum absolute atomic E-state index is 12.4. The second kappa shape index (κ2) is 10.3. The summed E-state index contributed by atoms with van der Waals surface area (Å²) in [6.45, 7) is 4.31. The van der Waals surface area contributed by atoms with Crippen LogP contribution in [0.3, 0.4) is 0 Å². The van der Waals surface area contributed by atoms with E-state index >= 15 is 0 Å². The highest BCUT2D eigenvalue weighted by Crippen LogP contribution is 2.23. The standard InChI is InChI=1S/C22H25N7O2/c1-3-4-18(11-23)26-21(31)17-7-5-16(6-8-17)20-15(2)12-24-22(28-20)27-19-13-25-29(14-19)9-10-30/h5-8,12-14,18,30H,3-4,9-10H2,1-2H3,(H,26,31)(H,24,27,28)/t18-/m0/s1. The third-order valence-electron chi connectivity index (χ3n) is 4.65. The van der Waals surface area contributed by atoms with Crippen LogP contribution in [0.15, 0.2) is 42.9 Å². The second-order valence-electron chi connectivity index (χ2n) is 7.09. The molecule has 160 valence electrons. The van der Waals surface area contributed by atoms with E-state index in [1.165, 1.54) is 0 Å². The van der Waals surface area contributed by atoms with Gasteiger partial charge in [-0.05, 0) is 31.0 Å². The van der Waals surface area contributed by atoms with E-state index in [1.807, 2.05) is 26.0 Å². The Balaban J connectivity index is 1.75. The molecule has 9 nitrogen and oxygen atoms in total. The lowest BCUT2D eigenvalue weighted by Crippen LogP contribution is -2.33. The van der Waals surface area contributed by atoms with Crippen molar-refractivity contribution < 1.29 is 9.90 Å². The molecule has 1 aromatic carbocycles. The maximum Gasteiger partial charge on any atom is 0.252 e. The highest BCUT2D eigenvalue weighted by Gasteiger charge is 2.13. The van der Waals surface area contributed by atoms with Crippen LogP contribution in [0.4, 0.5) is 11.6 Å². The number of hydrogen-bond donors (Lipinski definition) is 3. The Kier molecular flexibility index (Phi) is 7.30. The van der Waals surface area contributed by atoms with Gasteiger partial charge in [-0.15, -0.1) is 0 Å². The van der Waals surface area contributed by atoms with E-state index in [1.54, 1.807) is 35.4 Å². The summed E-state index contributed by atoms with van der Waals surface area (Å²) in [7, 11) is 0. The average molecular weight is 419 g/mol. The summed E-state index contributed by atoms with van der Waals surface area (Å²) in [6, 6.07) is 8.72. The zero-order chi connectivity index (χ0) is 22.2. The van der Waals surface area contributed by atoms with Crippen molar-refractivity contribution in [1.82, 2.24) is 25.1 Å². The maximum atomic E-state index is 12.4. The first-order valence-corrected chi connectivity index (χ1v) is 10.1. The molecule has 3 aromatic rings. The summed E-state index contributed by atoms with van der Waals surface area (Å²) in [5, 5.41) is 28.1. The number of benzene rings is 1. The molecule has 2 aromatic heterocycles. The number of amides is 1. The van der Waals surface area contributed by atoms with Gasteiger partial charge in [0.15, 0.2) is 0 Å². The number of nitrogens with zero attached hydrogens (tertiary/aromatic N) is 5. The molecule has 0 unspecified atom stereocenters. The normalized spacial score (nSPS) is 11.5. The molecule has 0 saturated heterocycles. The van der Waals surface area contributed by atoms with Crippen molar-refractivity contribution in [3.8, 4) is 17.3 Å². The molecule has 0 radical (unpaired) electrons. The third kappa shape index (κ3) is 5.65. The fourth-order valence-electron chi connectivity index (χ4n) is 3.06. The van der Waals surface area contributed by atoms with E-state index in [-0.39, 0.29) is 12.5 Å². The van der Waals surface area contributed by atoms with Gasteiger partial charge in [0.2, 0.25) is 5.95 Å². The van der Waals surface area contributed by atoms with Crippen molar-refractivity contribution in [3.05, 3.63) is 54.0 Å². The van der Waals surface area contributed by atoms with Gasteiger partial charge in [0, 0.05) is 23.5 Å². The van der Waals surface area contributed by atoms with Crippen LogP contribution in [0.1, 0.15) is 35.7 Å². The van der Waals surface area contributed by atoms with E-state index in [2.05, 4.69) is 31.8 Å². The predicted octanol–water partition coefficient (Wildman–Crippen LogP) is 2.81. The number of aromatic nitrogens is 4. The van der Waals surface area contributed by atoms with Gasteiger partial charge in [0.1, 0.15) is 6.04 Å². The smallest absolute Gasteiger partial charge is 0.252 e. The quantitative estimate of drug-likeness (QED) is 0.486. The van der Waals surface area contributed by atoms with Crippen molar-refractivity contribution >= 4 is 17.5 Å². The highest BCUT2D eigenvalue weighted by molar-refractivity contribution is 5.95. The lowest BCUT2D eigenvalue weighted by atomic mass is 10.1. The summed E-state index contributed by atoms with van der Waals surface area (Å²) >= 11 is 0. The number of aliphatic hydroxyl groups excluding tert-OH is 1. The first-order chi connectivity index (χ1) is 15.0. The van der Waals surface area contributed by atoms with Crippen LogP contribution in [0, 0.1) is 18.3 Å². The van der Waals surface area contributed by atoms with E-state index < -0.39 is 6.04 Å². The molecule has 0 spiro atoms. The van der Waals surface area contributed by atoms with Gasteiger partial charge in [0.25, 0.3) is 5.91 Å². The number of carbonyl (C=O) groups excluding carboxylic acids is 1. The summed E-state index contributed by atoms with van der Waals surface area (Å²) in [6.07, 6.45) is 6.57. The van der Waals surface area contributed by atoms with E-state index in [4.69, 9.17) is 10.4 Å². The molecule has 3 N–H and O–H groups in total. The molecule has 0 aliphatic heterocycles. The number of aliphatic hydroxyl groups is 1. The molecule has 1 atom stereocenters. The van der Waals surface area contributed by atoms with Crippen LogP contribution in [0.25, 0.3) is 11.3 Å². The fraction of sp³-hybridized carbons (Fsp3) is 0.318. The first-order valence-electron chi connectivity index (χ1n) is 10.1. The number of hydrogen-bond acceptors (Lipinski definition) is 7. The van der Waals surface area contributed by atoms with Crippen molar-refractivity contribution in [2.45, 2.75) is 39.3 Å². The average Bonchev–Trinajstić information content (AvgIpc) is 3.22. The van der Waals surface area contributed by atoms with Crippen LogP contribution in [-0.2, 0) is 6.54 Å². The van der Waals surface area contributed by atoms with Gasteiger partial charge in [-0.25, -0.2) is 9.97 Å². The Morgan fingerprint density at radius 2 is 2.06 bits per heavy atom. The molecular weight excluding hydrogens is 394 g/mol. The van der Waals surface area contributed by atoms with E-state index in [9.17, 15) is 4.79 Å². The SMILES string of the molecule is CCC[C@@H](C#N)NC(=O)c1ccc(-c2nc(Nc3cnn(CCO)c3)ncc2C)cc1. The zero-order valence-electron chi connectivity index (χ0n) is 17.5. The van der Waals surface area contributed by atoms with Crippen molar-refractivity contribution in [2.75, 3.05) is 11.9 Å². The van der Waals surface area contributed by atoms with Gasteiger partial charge in [-0.3, -0.25) is 9.48 Å². The Morgan fingerprint density at radius 1 is 1.29 bits per heavy atom. The molecule has 3 rings (SSSR count).